The highest BCUT2D eigenvalue weighted by Crippen LogP contribution is 2.40. The number of nitrogens with one attached hydrogen (secondary N) is 3. The first kappa shape index (κ1) is 25.5. The summed E-state index contributed by atoms with van der Waals surface area (Å²) in [6.45, 7) is 4.05. The standard InChI is InChI=1S/C26H29F3N4O3/c1-3-25(4-2)14-22(34)33(24(30)32-25)15-16-8-7-9-17(12-16)23(35)31-19-13-21(26(27,28)29)36-20-11-6-5-10-18(19)20/h5-12,19,21H,3-4,13-15H2,1-2H3,(H2,30,32)(H,31,35). The Labute approximate surface area is 207 Å². The van der Waals surface area contributed by atoms with Gasteiger partial charge in [-0.05, 0) is 36.6 Å². The summed E-state index contributed by atoms with van der Waals surface area (Å²) in [7, 11) is 0. The molecule has 4 rings (SSSR count). The minimum atomic E-state index is -4.57. The van der Waals surface area contributed by atoms with E-state index >= 15 is 0 Å². The van der Waals surface area contributed by atoms with Crippen LogP contribution in [-0.4, -0.2) is 40.5 Å². The number of fused-ring (bicyclic) bond motifs is 1. The van der Waals surface area contributed by atoms with Crippen molar-refractivity contribution in [2.24, 2.45) is 0 Å². The maximum Gasteiger partial charge on any atom is 0.425 e. The second-order valence-corrected chi connectivity index (χ2v) is 9.27. The van der Waals surface area contributed by atoms with Crippen LogP contribution in [0, 0.1) is 5.41 Å². The van der Waals surface area contributed by atoms with Crippen LogP contribution in [-0.2, 0) is 11.3 Å². The summed E-state index contributed by atoms with van der Waals surface area (Å²) in [6, 6.07) is 12.0. The molecule has 0 spiro atoms. The van der Waals surface area contributed by atoms with Gasteiger partial charge in [0.15, 0.2) is 12.1 Å². The van der Waals surface area contributed by atoms with E-state index in [0.29, 0.717) is 24.0 Å². The minimum absolute atomic E-state index is 0.0156. The Bertz CT molecular complexity index is 1140. The maximum atomic E-state index is 13.4. The highest BCUT2D eigenvalue weighted by Gasteiger charge is 2.46. The van der Waals surface area contributed by atoms with Crippen LogP contribution in [0.3, 0.4) is 0 Å². The Kier molecular flexibility index (Phi) is 6.97. The molecule has 2 unspecified atom stereocenters. The molecule has 1 saturated heterocycles. The molecule has 2 heterocycles. The van der Waals surface area contributed by atoms with Crippen LogP contribution in [0.1, 0.15) is 67.1 Å². The lowest BCUT2D eigenvalue weighted by molar-refractivity contribution is -0.201. The van der Waals surface area contributed by atoms with Crippen molar-refractivity contribution in [2.45, 2.75) is 69.9 Å². The third-order valence-corrected chi connectivity index (χ3v) is 7.01. The van der Waals surface area contributed by atoms with E-state index in [1.807, 2.05) is 13.8 Å². The predicted octanol–water partition coefficient (Wildman–Crippen LogP) is 4.69. The summed E-state index contributed by atoms with van der Waals surface area (Å²) in [5, 5.41) is 14.2. The molecular formula is C26H29F3N4O3. The number of para-hydroxylation sites is 1. The largest absolute Gasteiger partial charge is 0.480 e. The van der Waals surface area contributed by atoms with E-state index in [4.69, 9.17) is 10.1 Å². The van der Waals surface area contributed by atoms with Gasteiger partial charge in [-0.1, -0.05) is 44.2 Å². The molecule has 3 N–H and O–H groups in total. The Morgan fingerprint density at radius 3 is 2.58 bits per heavy atom. The van der Waals surface area contributed by atoms with E-state index in [2.05, 4.69) is 10.6 Å². The lowest BCUT2D eigenvalue weighted by Gasteiger charge is -2.42. The molecule has 0 aromatic heterocycles. The summed E-state index contributed by atoms with van der Waals surface area (Å²) in [6.07, 6.45) is -5.33. The number of alkyl halides is 3. The summed E-state index contributed by atoms with van der Waals surface area (Å²) >= 11 is 0. The molecule has 10 heteroatoms. The fraction of sp³-hybridized carbons (Fsp3) is 0.423. The van der Waals surface area contributed by atoms with Crippen molar-refractivity contribution in [3.63, 3.8) is 0 Å². The molecule has 2 atom stereocenters. The van der Waals surface area contributed by atoms with Crippen molar-refractivity contribution < 1.29 is 27.5 Å². The van der Waals surface area contributed by atoms with Crippen LogP contribution in [0.5, 0.6) is 5.75 Å². The average molecular weight is 503 g/mol. The second-order valence-electron chi connectivity index (χ2n) is 9.27. The number of carbonyl (C=O) groups is 2. The molecule has 2 aromatic carbocycles. The quantitative estimate of drug-likeness (QED) is 0.534. The monoisotopic (exact) mass is 502 g/mol. The van der Waals surface area contributed by atoms with Gasteiger partial charge >= 0.3 is 6.18 Å². The van der Waals surface area contributed by atoms with Gasteiger partial charge in [0.05, 0.1) is 19.0 Å². The van der Waals surface area contributed by atoms with Crippen LogP contribution in [0.25, 0.3) is 0 Å². The minimum Gasteiger partial charge on any atom is -0.480 e. The Balaban J connectivity index is 1.49. The molecule has 2 aliphatic rings. The van der Waals surface area contributed by atoms with Gasteiger partial charge in [-0.2, -0.15) is 13.2 Å². The summed E-state index contributed by atoms with van der Waals surface area (Å²) in [4.78, 5) is 27.2. The van der Waals surface area contributed by atoms with Crippen LogP contribution in [0.2, 0.25) is 0 Å². The SMILES string of the molecule is CCC1(CC)CC(=O)N(Cc2cccc(C(=O)NC3CC(C(F)(F)F)Oc4ccccc43)c2)C(=N)N1. The lowest BCUT2D eigenvalue weighted by atomic mass is 9.87. The highest BCUT2D eigenvalue weighted by atomic mass is 19.4. The molecule has 0 bridgehead atoms. The molecule has 0 radical (unpaired) electrons. The number of benzene rings is 2. The number of halogens is 3. The first-order chi connectivity index (χ1) is 17.0. The number of ether oxygens (including phenoxy) is 1. The van der Waals surface area contributed by atoms with Crippen molar-refractivity contribution in [1.82, 2.24) is 15.5 Å². The van der Waals surface area contributed by atoms with E-state index in [0.717, 1.165) is 0 Å². The number of hydrogen-bond donors (Lipinski definition) is 3. The number of rotatable bonds is 6. The summed E-state index contributed by atoms with van der Waals surface area (Å²) < 4.78 is 45.4. The van der Waals surface area contributed by atoms with Gasteiger partial charge in [0, 0.05) is 23.1 Å². The van der Waals surface area contributed by atoms with Crippen molar-refractivity contribution in [3.8, 4) is 5.75 Å². The molecule has 2 aliphatic heterocycles. The van der Waals surface area contributed by atoms with E-state index < -0.39 is 36.2 Å². The molecule has 36 heavy (non-hydrogen) atoms. The zero-order valence-electron chi connectivity index (χ0n) is 20.1. The topological polar surface area (TPSA) is 94.5 Å². The zero-order valence-corrected chi connectivity index (χ0v) is 20.1. The molecule has 1 fully saturated rings. The normalized spacial score (nSPS) is 21.3. The number of hydrogen-bond acceptors (Lipinski definition) is 4. The van der Waals surface area contributed by atoms with Gasteiger partial charge in [0.1, 0.15) is 5.75 Å². The maximum absolute atomic E-state index is 13.4. The fourth-order valence-electron chi connectivity index (χ4n) is 4.71. The number of carbonyl (C=O) groups excluding carboxylic acids is 2. The van der Waals surface area contributed by atoms with Crippen molar-refractivity contribution in [3.05, 3.63) is 65.2 Å². The molecule has 192 valence electrons. The predicted molar refractivity (Wildman–Crippen MR) is 128 cm³/mol. The number of amides is 2. The average Bonchev–Trinajstić information content (AvgIpc) is 2.85. The molecule has 7 nitrogen and oxygen atoms in total. The van der Waals surface area contributed by atoms with Crippen molar-refractivity contribution in [1.29, 1.82) is 5.41 Å². The highest BCUT2D eigenvalue weighted by molar-refractivity contribution is 5.99. The van der Waals surface area contributed by atoms with Crippen molar-refractivity contribution >= 4 is 17.8 Å². The Morgan fingerprint density at radius 2 is 1.92 bits per heavy atom. The van der Waals surface area contributed by atoms with E-state index in [9.17, 15) is 22.8 Å². The van der Waals surface area contributed by atoms with Crippen LogP contribution >= 0.6 is 0 Å². The molecule has 2 amide bonds. The fourth-order valence-corrected chi connectivity index (χ4v) is 4.71. The first-order valence-electron chi connectivity index (χ1n) is 11.9. The van der Waals surface area contributed by atoms with Gasteiger partial charge in [-0.15, -0.1) is 0 Å². The van der Waals surface area contributed by atoms with E-state index in [1.54, 1.807) is 42.5 Å². The molecule has 0 saturated carbocycles. The van der Waals surface area contributed by atoms with Crippen LogP contribution < -0.4 is 15.4 Å². The molecular weight excluding hydrogens is 473 g/mol. The van der Waals surface area contributed by atoms with Gasteiger partial charge in [0.25, 0.3) is 5.91 Å². The Morgan fingerprint density at radius 1 is 1.19 bits per heavy atom. The van der Waals surface area contributed by atoms with E-state index in [1.165, 1.54) is 11.0 Å². The molecule has 2 aromatic rings. The van der Waals surface area contributed by atoms with E-state index in [-0.39, 0.29) is 36.1 Å². The lowest BCUT2D eigenvalue weighted by Crippen LogP contribution is -2.61. The van der Waals surface area contributed by atoms with Gasteiger partial charge < -0.3 is 15.4 Å². The molecule has 0 aliphatic carbocycles. The number of guanidine groups is 1. The van der Waals surface area contributed by atoms with Gasteiger partial charge in [-0.3, -0.25) is 19.9 Å². The van der Waals surface area contributed by atoms with Crippen molar-refractivity contribution in [2.75, 3.05) is 0 Å². The Hall–Kier alpha value is -3.56. The van der Waals surface area contributed by atoms with Crippen LogP contribution in [0.4, 0.5) is 13.2 Å². The smallest absolute Gasteiger partial charge is 0.425 e. The third kappa shape index (κ3) is 5.17. The summed E-state index contributed by atoms with van der Waals surface area (Å²) in [5.41, 5.74) is 0.932. The number of nitrogens with zero attached hydrogens (tertiary/aromatic N) is 1. The second kappa shape index (κ2) is 9.83. The van der Waals surface area contributed by atoms with Gasteiger partial charge in [-0.25, -0.2) is 0 Å². The van der Waals surface area contributed by atoms with Gasteiger partial charge in [0.2, 0.25) is 5.91 Å². The first-order valence-corrected chi connectivity index (χ1v) is 11.9. The summed E-state index contributed by atoms with van der Waals surface area (Å²) in [5.74, 6) is -0.597. The zero-order chi connectivity index (χ0) is 26.1. The van der Waals surface area contributed by atoms with Crippen LogP contribution in [0.15, 0.2) is 48.5 Å². The third-order valence-electron chi connectivity index (χ3n) is 7.01.